The Labute approximate surface area is 60.0 Å². The summed E-state index contributed by atoms with van der Waals surface area (Å²) in [6, 6.07) is 0. The molecule has 1 unspecified atom stereocenters. The zero-order chi connectivity index (χ0) is 7.56. The lowest BCUT2D eigenvalue weighted by Crippen LogP contribution is -2.41. The zero-order valence-electron chi connectivity index (χ0n) is 5.33. The Bertz CT molecular complexity index is 170. The molecule has 0 aromatic rings. The average Bonchev–Trinajstić information content (AvgIpc) is 1.88. The molecule has 0 bridgehead atoms. The van der Waals surface area contributed by atoms with Gasteiger partial charge in [-0.1, -0.05) is 0 Å². The molecule has 1 aliphatic rings. The van der Waals surface area contributed by atoms with Crippen molar-refractivity contribution < 1.29 is 14.7 Å². The van der Waals surface area contributed by atoms with Crippen LogP contribution in [0.2, 0.25) is 0 Å². The molecular weight excluding hydrogens is 153 g/mol. The van der Waals surface area contributed by atoms with Crippen LogP contribution in [0.3, 0.4) is 0 Å². The molecule has 1 saturated heterocycles. The molecule has 1 rings (SSSR count). The highest BCUT2D eigenvalue weighted by molar-refractivity contribution is 7.39. The maximum absolute atomic E-state index is 10.8. The van der Waals surface area contributed by atoms with E-state index in [1.165, 1.54) is 0 Å². The Morgan fingerprint density at radius 1 is 1.70 bits per heavy atom. The fraction of sp³-hybridized carbons (Fsp3) is 0.600. The summed E-state index contributed by atoms with van der Waals surface area (Å²) >= 11 is 0. The fourth-order valence-electron chi connectivity index (χ4n) is 0.809. The van der Waals surface area contributed by atoms with Crippen molar-refractivity contribution in [2.75, 3.05) is 18.9 Å². The molecule has 5 heteroatoms. The molecular formula is C5H8NO3P. The van der Waals surface area contributed by atoms with E-state index in [0.29, 0.717) is 21.3 Å². The highest BCUT2D eigenvalue weighted by Crippen LogP contribution is 2.16. The summed E-state index contributed by atoms with van der Waals surface area (Å²) in [6.45, 7) is 0.382. The lowest BCUT2D eigenvalue weighted by atomic mass is 10.5. The molecule has 56 valence electrons. The van der Waals surface area contributed by atoms with Crippen molar-refractivity contribution in [1.82, 2.24) is 4.90 Å². The van der Waals surface area contributed by atoms with Crippen molar-refractivity contribution in [2.24, 2.45) is 0 Å². The quantitative estimate of drug-likeness (QED) is 0.516. The van der Waals surface area contributed by atoms with Gasteiger partial charge >= 0.3 is 6.09 Å². The molecule has 10 heavy (non-hydrogen) atoms. The van der Waals surface area contributed by atoms with Crippen molar-refractivity contribution >= 4 is 20.6 Å². The van der Waals surface area contributed by atoms with Gasteiger partial charge in [-0.3, -0.25) is 4.79 Å². The van der Waals surface area contributed by atoms with Crippen LogP contribution in [0.15, 0.2) is 0 Å². The highest BCUT2D eigenvalue weighted by atomic mass is 31.1. The van der Waals surface area contributed by atoms with Crippen LogP contribution >= 0.6 is 8.58 Å². The molecule has 1 N–H and O–H groups in total. The molecule has 1 aliphatic heterocycles. The van der Waals surface area contributed by atoms with E-state index in [9.17, 15) is 9.59 Å². The van der Waals surface area contributed by atoms with Crippen molar-refractivity contribution in [3.63, 3.8) is 0 Å². The van der Waals surface area contributed by atoms with E-state index in [0.717, 1.165) is 11.1 Å². The fourth-order valence-corrected chi connectivity index (χ4v) is 1.77. The Kier molecular flexibility index (Phi) is 2.22. The third-order valence-corrected chi connectivity index (χ3v) is 2.45. The van der Waals surface area contributed by atoms with Crippen LogP contribution in [0.5, 0.6) is 0 Å². The number of carboxylic acid groups (broad SMARTS) is 1. The molecule has 0 aromatic carbocycles. The number of imide groups is 1. The zero-order valence-corrected chi connectivity index (χ0v) is 6.33. The van der Waals surface area contributed by atoms with Gasteiger partial charge in [0, 0.05) is 12.7 Å². The molecule has 0 saturated carbocycles. The largest absolute Gasteiger partial charge is 0.465 e. The van der Waals surface area contributed by atoms with Crippen LogP contribution < -0.4 is 0 Å². The minimum Gasteiger partial charge on any atom is -0.465 e. The van der Waals surface area contributed by atoms with E-state index < -0.39 is 6.09 Å². The van der Waals surface area contributed by atoms with Crippen LogP contribution in [0.4, 0.5) is 4.79 Å². The van der Waals surface area contributed by atoms with Crippen LogP contribution in [0.25, 0.3) is 0 Å². The summed E-state index contributed by atoms with van der Waals surface area (Å²) in [6.07, 6.45) is 0.124. The number of amides is 2. The molecule has 0 aromatic heterocycles. The van der Waals surface area contributed by atoms with Crippen molar-refractivity contribution in [3.8, 4) is 0 Å². The second kappa shape index (κ2) is 2.97. The Hall–Kier alpha value is -0.630. The average molecular weight is 161 g/mol. The lowest BCUT2D eigenvalue weighted by Gasteiger charge is -2.21. The normalized spacial score (nSPS) is 21.6. The SMILES string of the molecule is O=C(O)N1CCPCC1=O. The molecule has 2 amide bonds. The van der Waals surface area contributed by atoms with Gasteiger partial charge in [0.2, 0.25) is 5.91 Å². The van der Waals surface area contributed by atoms with Gasteiger partial charge in [0.05, 0.1) is 0 Å². The first-order chi connectivity index (χ1) is 4.72. The molecule has 0 aliphatic carbocycles. The van der Waals surface area contributed by atoms with Gasteiger partial charge in [-0.25, -0.2) is 9.69 Å². The van der Waals surface area contributed by atoms with Gasteiger partial charge in [-0.05, 0) is 6.16 Å². The smallest absolute Gasteiger partial charge is 0.414 e. The summed E-state index contributed by atoms with van der Waals surface area (Å²) in [7, 11) is 0.606. The molecule has 0 radical (unpaired) electrons. The number of nitrogens with zero attached hydrogens (tertiary/aromatic N) is 1. The standard InChI is InChI=1S/C5H8NO3P/c7-4-3-10-2-1-6(4)5(8)9/h10H,1-3H2,(H,8,9). The summed E-state index contributed by atoms with van der Waals surface area (Å²) in [5, 5.41) is 8.42. The first-order valence-corrected chi connectivity index (χ1v) is 4.37. The van der Waals surface area contributed by atoms with E-state index >= 15 is 0 Å². The predicted octanol–water partition coefficient (Wildman–Crippen LogP) is 0.185. The predicted molar refractivity (Wildman–Crippen MR) is 37.8 cm³/mol. The molecule has 1 atom stereocenters. The third-order valence-electron chi connectivity index (χ3n) is 1.32. The first-order valence-electron chi connectivity index (χ1n) is 2.96. The van der Waals surface area contributed by atoms with Crippen LogP contribution in [-0.4, -0.2) is 40.9 Å². The van der Waals surface area contributed by atoms with Crippen molar-refractivity contribution in [1.29, 1.82) is 0 Å². The van der Waals surface area contributed by atoms with Gasteiger partial charge in [0.15, 0.2) is 0 Å². The summed E-state index contributed by atoms with van der Waals surface area (Å²) in [4.78, 5) is 21.9. The Morgan fingerprint density at radius 3 is 2.80 bits per heavy atom. The maximum Gasteiger partial charge on any atom is 0.414 e. The lowest BCUT2D eigenvalue weighted by molar-refractivity contribution is -0.126. The van der Waals surface area contributed by atoms with Crippen LogP contribution in [0, 0.1) is 0 Å². The van der Waals surface area contributed by atoms with E-state index in [1.807, 2.05) is 0 Å². The maximum atomic E-state index is 10.8. The van der Waals surface area contributed by atoms with E-state index in [4.69, 9.17) is 5.11 Å². The van der Waals surface area contributed by atoms with E-state index in [1.54, 1.807) is 0 Å². The highest BCUT2D eigenvalue weighted by Gasteiger charge is 2.22. The molecule has 1 heterocycles. The van der Waals surface area contributed by atoms with Gasteiger partial charge in [-0.15, -0.1) is 8.58 Å². The topological polar surface area (TPSA) is 57.6 Å². The van der Waals surface area contributed by atoms with E-state index in [2.05, 4.69) is 0 Å². The minimum atomic E-state index is -1.12. The van der Waals surface area contributed by atoms with Gasteiger partial charge in [0.25, 0.3) is 0 Å². The molecule has 4 nitrogen and oxygen atoms in total. The number of carbonyl (C=O) groups is 2. The van der Waals surface area contributed by atoms with E-state index in [-0.39, 0.29) is 5.91 Å². The van der Waals surface area contributed by atoms with Crippen LogP contribution in [-0.2, 0) is 4.79 Å². The number of hydrogen-bond donors (Lipinski definition) is 1. The number of rotatable bonds is 0. The minimum absolute atomic E-state index is 0.253. The Balaban J connectivity index is 2.56. The first kappa shape index (κ1) is 7.48. The Morgan fingerprint density at radius 2 is 2.40 bits per heavy atom. The summed E-state index contributed by atoms with van der Waals surface area (Å²) in [5.74, 6) is -0.253. The second-order valence-corrected chi connectivity index (χ2v) is 3.36. The molecule has 0 spiro atoms. The van der Waals surface area contributed by atoms with Gasteiger partial charge in [0.1, 0.15) is 0 Å². The second-order valence-electron chi connectivity index (χ2n) is 2.00. The van der Waals surface area contributed by atoms with Crippen molar-refractivity contribution in [3.05, 3.63) is 0 Å². The van der Waals surface area contributed by atoms with Crippen LogP contribution in [0.1, 0.15) is 0 Å². The third kappa shape index (κ3) is 1.45. The van der Waals surface area contributed by atoms with Gasteiger partial charge in [-0.2, -0.15) is 0 Å². The van der Waals surface area contributed by atoms with Crippen molar-refractivity contribution in [2.45, 2.75) is 0 Å². The summed E-state index contributed by atoms with van der Waals surface area (Å²) < 4.78 is 0. The monoisotopic (exact) mass is 161 g/mol. The number of hydrogen-bond acceptors (Lipinski definition) is 2. The summed E-state index contributed by atoms with van der Waals surface area (Å²) in [5.41, 5.74) is 0. The molecule has 1 fully saturated rings. The van der Waals surface area contributed by atoms with Gasteiger partial charge < -0.3 is 5.11 Å². The number of carbonyl (C=O) groups excluding carboxylic acids is 1.